The molecule has 1 N–H and O–H groups in total. The Labute approximate surface area is 103 Å². The predicted octanol–water partition coefficient (Wildman–Crippen LogP) is 1.13. The summed E-state index contributed by atoms with van der Waals surface area (Å²) in [7, 11) is 5.81. The fourth-order valence-electron chi connectivity index (χ4n) is 1.52. The highest BCUT2D eigenvalue weighted by atomic mass is 16.5. The van der Waals surface area contributed by atoms with E-state index in [9.17, 15) is 9.59 Å². The summed E-state index contributed by atoms with van der Waals surface area (Å²) in [6.45, 7) is 4.34. The Kier molecular flexibility index (Phi) is 6.16. The zero-order chi connectivity index (χ0) is 13.6. The highest BCUT2D eigenvalue weighted by Crippen LogP contribution is 2.09. The second-order valence-electron chi connectivity index (χ2n) is 5.78. The van der Waals surface area contributed by atoms with Gasteiger partial charge in [-0.2, -0.15) is 0 Å². The van der Waals surface area contributed by atoms with E-state index in [1.165, 1.54) is 0 Å². The van der Waals surface area contributed by atoms with E-state index in [0.717, 1.165) is 0 Å². The minimum absolute atomic E-state index is 0.140. The van der Waals surface area contributed by atoms with Crippen LogP contribution in [-0.4, -0.2) is 55.3 Å². The van der Waals surface area contributed by atoms with Gasteiger partial charge in [0, 0.05) is 6.42 Å². The molecule has 0 rings (SSSR count). The van der Waals surface area contributed by atoms with E-state index in [1.807, 2.05) is 35.0 Å². The first-order valence-corrected chi connectivity index (χ1v) is 5.82. The molecule has 0 unspecified atom stereocenters. The minimum atomic E-state index is -0.944. The van der Waals surface area contributed by atoms with Crippen molar-refractivity contribution in [2.24, 2.45) is 5.92 Å². The van der Waals surface area contributed by atoms with Crippen molar-refractivity contribution in [3.05, 3.63) is 0 Å². The van der Waals surface area contributed by atoms with Gasteiger partial charge < -0.3 is 14.3 Å². The topological polar surface area (TPSA) is 63.6 Å². The molecule has 0 aromatic heterocycles. The van der Waals surface area contributed by atoms with Crippen LogP contribution in [-0.2, 0) is 14.3 Å². The van der Waals surface area contributed by atoms with Crippen molar-refractivity contribution in [2.75, 3.05) is 27.7 Å². The largest absolute Gasteiger partial charge is 0.481 e. The number of likely N-dealkylation sites (N-methyl/N-ethyl adjacent to an activating group) is 1. The standard InChI is InChI=1S/C12H23NO4/c1-9(2)6-12(16)17-10(7-11(14)15)8-13(3,4)5/h9-10H,6-8H2,1-5H3/p+1/t10-/m0/s1. The number of esters is 1. The van der Waals surface area contributed by atoms with Gasteiger partial charge in [-0.15, -0.1) is 0 Å². The van der Waals surface area contributed by atoms with Gasteiger partial charge >= 0.3 is 11.9 Å². The summed E-state index contributed by atoms with van der Waals surface area (Å²) in [6, 6.07) is 0. The first-order chi connectivity index (χ1) is 7.60. The van der Waals surface area contributed by atoms with Gasteiger partial charge in [-0.3, -0.25) is 9.59 Å². The van der Waals surface area contributed by atoms with Gasteiger partial charge in [-0.1, -0.05) is 13.8 Å². The zero-order valence-corrected chi connectivity index (χ0v) is 11.4. The molecule has 0 bridgehead atoms. The van der Waals surface area contributed by atoms with Crippen LogP contribution in [0.2, 0.25) is 0 Å². The van der Waals surface area contributed by atoms with Crippen molar-refractivity contribution in [2.45, 2.75) is 32.8 Å². The van der Waals surface area contributed by atoms with Crippen LogP contribution in [0.4, 0.5) is 0 Å². The fraction of sp³-hybridized carbons (Fsp3) is 0.833. The highest BCUT2D eigenvalue weighted by molar-refractivity contribution is 5.71. The summed E-state index contributed by atoms with van der Waals surface area (Å²) >= 11 is 0. The number of quaternary nitrogens is 1. The Balaban J connectivity index is 4.38. The van der Waals surface area contributed by atoms with Gasteiger partial charge in [0.15, 0.2) is 6.10 Å². The Hall–Kier alpha value is -1.10. The van der Waals surface area contributed by atoms with Crippen LogP contribution in [0, 0.1) is 5.92 Å². The Morgan fingerprint density at radius 2 is 1.71 bits per heavy atom. The molecule has 1 atom stereocenters. The summed E-state index contributed by atoms with van der Waals surface area (Å²) in [4.78, 5) is 22.2. The fourth-order valence-corrected chi connectivity index (χ4v) is 1.52. The lowest BCUT2D eigenvalue weighted by molar-refractivity contribution is -0.873. The second-order valence-corrected chi connectivity index (χ2v) is 5.78. The van der Waals surface area contributed by atoms with Gasteiger partial charge in [-0.25, -0.2) is 0 Å². The number of aliphatic carboxylic acids is 1. The molecule has 0 radical (unpaired) electrons. The molecule has 0 aliphatic carbocycles. The number of nitrogens with zero attached hydrogens (tertiary/aromatic N) is 1. The van der Waals surface area contributed by atoms with E-state index in [4.69, 9.17) is 9.84 Å². The van der Waals surface area contributed by atoms with Crippen molar-refractivity contribution in [1.29, 1.82) is 0 Å². The Bertz CT molecular complexity index is 268. The van der Waals surface area contributed by atoms with Gasteiger partial charge in [0.2, 0.25) is 0 Å². The quantitative estimate of drug-likeness (QED) is 0.540. The van der Waals surface area contributed by atoms with Crippen LogP contribution in [0.15, 0.2) is 0 Å². The average molecular weight is 246 g/mol. The number of hydrogen-bond acceptors (Lipinski definition) is 3. The normalized spacial score (nSPS) is 13.5. The third-order valence-corrected chi connectivity index (χ3v) is 2.03. The maximum atomic E-state index is 11.5. The van der Waals surface area contributed by atoms with Crippen molar-refractivity contribution in [3.63, 3.8) is 0 Å². The average Bonchev–Trinajstić information content (AvgIpc) is 1.95. The summed E-state index contributed by atoms with van der Waals surface area (Å²) in [5.41, 5.74) is 0. The number of carbonyl (C=O) groups is 2. The third-order valence-electron chi connectivity index (χ3n) is 2.03. The zero-order valence-electron chi connectivity index (χ0n) is 11.4. The van der Waals surface area contributed by atoms with Gasteiger partial charge in [0.1, 0.15) is 6.54 Å². The van der Waals surface area contributed by atoms with Gasteiger partial charge in [0.25, 0.3) is 0 Å². The molecule has 0 saturated carbocycles. The lowest BCUT2D eigenvalue weighted by atomic mass is 10.1. The van der Waals surface area contributed by atoms with Crippen LogP contribution in [0.25, 0.3) is 0 Å². The van der Waals surface area contributed by atoms with Gasteiger partial charge in [0.05, 0.1) is 27.6 Å². The van der Waals surface area contributed by atoms with Crippen molar-refractivity contribution >= 4 is 11.9 Å². The van der Waals surface area contributed by atoms with E-state index in [2.05, 4.69) is 0 Å². The van der Waals surface area contributed by atoms with Crippen molar-refractivity contribution < 1.29 is 23.9 Å². The molecule has 100 valence electrons. The molecule has 0 aromatic rings. The van der Waals surface area contributed by atoms with Gasteiger partial charge in [-0.05, 0) is 5.92 Å². The number of carboxylic acids is 1. The summed E-state index contributed by atoms with van der Waals surface area (Å²) in [5.74, 6) is -1.04. The monoisotopic (exact) mass is 246 g/mol. The lowest BCUT2D eigenvalue weighted by Gasteiger charge is -2.28. The van der Waals surface area contributed by atoms with Crippen molar-refractivity contribution in [1.82, 2.24) is 0 Å². The first-order valence-electron chi connectivity index (χ1n) is 5.82. The molecule has 0 saturated heterocycles. The smallest absolute Gasteiger partial charge is 0.307 e. The molecule has 17 heavy (non-hydrogen) atoms. The summed E-state index contributed by atoms with van der Waals surface area (Å²) < 4.78 is 5.78. The number of hydrogen-bond donors (Lipinski definition) is 1. The molecule has 5 heteroatoms. The lowest BCUT2D eigenvalue weighted by Crippen LogP contribution is -2.43. The maximum absolute atomic E-state index is 11.5. The van der Waals surface area contributed by atoms with E-state index >= 15 is 0 Å². The molecular weight excluding hydrogens is 222 g/mol. The van der Waals surface area contributed by atoms with E-state index < -0.39 is 12.1 Å². The summed E-state index contributed by atoms with van der Waals surface area (Å²) in [5, 5.41) is 8.78. The summed E-state index contributed by atoms with van der Waals surface area (Å²) in [6.07, 6.45) is -0.370. The van der Waals surface area contributed by atoms with Crippen LogP contribution >= 0.6 is 0 Å². The van der Waals surface area contributed by atoms with E-state index in [0.29, 0.717) is 17.4 Å². The maximum Gasteiger partial charge on any atom is 0.307 e. The molecule has 0 fully saturated rings. The molecular formula is C12H24NO4+. The van der Waals surface area contributed by atoms with Crippen LogP contribution in [0.5, 0.6) is 0 Å². The number of ether oxygens (including phenoxy) is 1. The SMILES string of the molecule is CC(C)CC(=O)O[C@@H](CC(=O)O)C[N+](C)(C)C. The Morgan fingerprint density at radius 3 is 2.06 bits per heavy atom. The predicted molar refractivity (Wildman–Crippen MR) is 64.5 cm³/mol. The van der Waals surface area contributed by atoms with E-state index in [-0.39, 0.29) is 18.3 Å². The molecule has 5 nitrogen and oxygen atoms in total. The molecule has 0 aromatic carbocycles. The van der Waals surface area contributed by atoms with Crippen LogP contribution in [0.3, 0.4) is 0 Å². The van der Waals surface area contributed by atoms with E-state index in [1.54, 1.807) is 0 Å². The number of carboxylic acid groups (broad SMARTS) is 1. The van der Waals surface area contributed by atoms with Crippen LogP contribution < -0.4 is 0 Å². The minimum Gasteiger partial charge on any atom is -0.481 e. The Morgan fingerprint density at radius 1 is 1.18 bits per heavy atom. The molecule has 0 amide bonds. The van der Waals surface area contributed by atoms with Crippen LogP contribution in [0.1, 0.15) is 26.7 Å². The number of carbonyl (C=O) groups excluding carboxylic acids is 1. The molecule has 0 heterocycles. The van der Waals surface area contributed by atoms with Crippen molar-refractivity contribution in [3.8, 4) is 0 Å². The molecule has 0 aliphatic heterocycles. The third kappa shape index (κ3) is 9.81. The first kappa shape index (κ1) is 15.9. The number of rotatable bonds is 7. The highest BCUT2D eigenvalue weighted by Gasteiger charge is 2.24. The molecule has 0 spiro atoms. The second kappa shape index (κ2) is 6.59. The molecule has 0 aliphatic rings.